The van der Waals surface area contributed by atoms with Crippen LogP contribution in [0.2, 0.25) is 0 Å². The zero-order chi connectivity index (χ0) is 32.3. The lowest BCUT2D eigenvalue weighted by Crippen LogP contribution is -1.92. The van der Waals surface area contributed by atoms with Crippen LogP contribution in [0.25, 0.3) is 99.2 Å². The second-order valence-electron chi connectivity index (χ2n) is 12.5. The summed E-state index contributed by atoms with van der Waals surface area (Å²) in [5.41, 5.74) is 12.4. The highest BCUT2D eigenvalue weighted by Gasteiger charge is 2.16. The normalized spacial score (nSPS) is 11.7. The zero-order valence-corrected chi connectivity index (χ0v) is 26.5. The Bertz CT molecular complexity index is 2870. The molecule has 0 aliphatic carbocycles. The Labute approximate surface area is 282 Å². The molecule has 0 atom stereocenters. The van der Waals surface area contributed by atoms with Gasteiger partial charge < -0.3 is 4.42 Å². The average molecular weight is 625 g/mol. The molecule has 8 aromatic carbocycles. The Balaban J connectivity index is 1.07. The van der Waals surface area contributed by atoms with E-state index < -0.39 is 0 Å². The van der Waals surface area contributed by atoms with Crippen molar-refractivity contribution >= 4 is 54.5 Å². The molecule has 49 heavy (non-hydrogen) atoms. The van der Waals surface area contributed by atoms with Crippen LogP contribution in [0.1, 0.15) is 0 Å². The molecule has 0 N–H and O–H groups in total. The summed E-state index contributed by atoms with van der Waals surface area (Å²) >= 11 is 0. The summed E-state index contributed by atoms with van der Waals surface area (Å²) in [7, 11) is 0. The molecule has 0 saturated carbocycles. The standard InChI is InChI=1S/C46H28N2O/c1-2-17-34(40-23-11-24-41-37-20-7-8-25-43(37)49-46(40)41)33(16-1)31-14-9-12-29(26-31)30-13-10-15-32(27-30)42-28-47-44-38-21-5-3-18-35(38)36-19-4-6-22-39(36)45(44)48-42/h1-28H. The summed E-state index contributed by atoms with van der Waals surface area (Å²) in [6.07, 6.45) is 1.91. The van der Waals surface area contributed by atoms with Gasteiger partial charge in [-0.15, -0.1) is 0 Å². The van der Waals surface area contributed by atoms with E-state index in [-0.39, 0.29) is 0 Å². The first kappa shape index (κ1) is 27.5. The van der Waals surface area contributed by atoms with Crippen molar-refractivity contribution in [3.63, 3.8) is 0 Å². The number of para-hydroxylation sites is 2. The Morgan fingerprint density at radius 3 is 1.67 bits per heavy atom. The van der Waals surface area contributed by atoms with Crippen LogP contribution in [-0.2, 0) is 0 Å². The van der Waals surface area contributed by atoms with Gasteiger partial charge in [-0.25, -0.2) is 4.98 Å². The molecule has 2 aromatic heterocycles. The van der Waals surface area contributed by atoms with E-state index in [0.717, 1.165) is 88.4 Å². The van der Waals surface area contributed by atoms with Gasteiger partial charge in [0.05, 0.1) is 22.9 Å². The van der Waals surface area contributed by atoms with Crippen molar-refractivity contribution in [3.8, 4) is 44.6 Å². The fraction of sp³-hybridized carbons (Fsp3) is 0. The third-order valence-electron chi connectivity index (χ3n) is 9.71. The van der Waals surface area contributed by atoms with E-state index in [4.69, 9.17) is 14.4 Å². The first-order valence-electron chi connectivity index (χ1n) is 16.6. The van der Waals surface area contributed by atoms with E-state index in [2.05, 4.69) is 152 Å². The van der Waals surface area contributed by atoms with Gasteiger partial charge in [-0.05, 0) is 56.8 Å². The van der Waals surface area contributed by atoms with Gasteiger partial charge >= 0.3 is 0 Å². The topological polar surface area (TPSA) is 38.9 Å². The molecule has 0 amide bonds. The summed E-state index contributed by atoms with van der Waals surface area (Å²) in [5.74, 6) is 0. The number of rotatable bonds is 4. The predicted molar refractivity (Wildman–Crippen MR) is 204 cm³/mol. The van der Waals surface area contributed by atoms with Crippen molar-refractivity contribution in [1.29, 1.82) is 0 Å². The smallest absolute Gasteiger partial charge is 0.143 e. The Morgan fingerprint density at radius 1 is 0.367 bits per heavy atom. The molecule has 3 heteroatoms. The van der Waals surface area contributed by atoms with E-state index in [1.165, 1.54) is 10.8 Å². The number of fused-ring (bicyclic) bond motifs is 9. The molecule has 0 radical (unpaired) electrons. The van der Waals surface area contributed by atoms with E-state index in [0.29, 0.717) is 0 Å². The lowest BCUT2D eigenvalue weighted by atomic mass is 9.91. The van der Waals surface area contributed by atoms with Crippen molar-refractivity contribution in [2.45, 2.75) is 0 Å². The number of benzene rings is 8. The molecule has 3 nitrogen and oxygen atoms in total. The van der Waals surface area contributed by atoms with Gasteiger partial charge in [-0.1, -0.05) is 146 Å². The molecule has 0 aliphatic rings. The van der Waals surface area contributed by atoms with Gasteiger partial charge in [-0.3, -0.25) is 4.98 Å². The van der Waals surface area contributed by atoms with Gasteiger partial charge in [0.15, 0.2) is 0 Å². The molecule has 2 heterocycles. The van der Waals surface area contributed by atoms with Gasteiger partial charge in [0, 0.05) is 32.7 Å². The predicted octanol–water partition coefficient (Wildman–Crippen LogP) is 12.5. The van der Waals surface area contributed by atoms with Crippen LogP contribution in [0.15, 0.2) is 174 Å². The molecule has 0 spiro atoms. The van der Waals surface area contributed by atoms with Crippen LogP contribution in [0, 0.1) is 0 Å². The lowest BCUT2D eigenvalue weighted by Gasteiger charge is -2.13. The van der Waals surface area contributed by atoms with Crippen LogP contribution in [0.3, 0.4) is 0 Å². The molecule has 10 aromatic rings. The highest BCUT2D eigenvalue weighted by Crippen LogP contribution is 2.41. The van der Waals surface area contributed by atoms with E-state index in [1.54, 1.807) is 0 Å². The number of hydrogen-bond acceptors (Lipinski definition) is 3. The number of nitrogens with zero attached hydrogens (tertiary/aromatic N) is 2. The molecule has 228 valence electrons. The van der Waals surface area contributed by atoms with Gasteiger partial charge in [-0.2, -0.15) is 0 Å². The van der Waals surface area contributed by atoms with Gasteiger partial charge in [0.1, 0.15) is 11.2 Å². The second kappa shape index (κ2) is 11.0. The maximum Gasteiger partial charge on any atom is 0.143 e. The minimum absolute atomic E-state index is 0.857. The molecule has 10 rings (SSSR count). The molecule has 0 bridgehead atoms. The maximum atomic E-state index is 6.44. The minimum Gasteiger partial charge on any atom is -0.455 e. The highest BCUT2D eigenvalue weighted by molar-refractivity contribution is 6.23. The van der Waals surface area contributed by atoms with Crippen molar-refractivity contribution in [2.75, 3.05) is 0 Å². The molecular weight excluding hydrogens is 597 g/mol. The first-order valence-corrected chi connectivity index (χ1v) is 16.6. The van der Waals surface area contributed by atoms with E-state index >= 15 is 0 Å². The second-order valence-corrected chi connectivity index (χ2v) is 12.5. The lowest BCUT2D eigenvalue weighted by molar-refractivity contribution is 0.670. The Hall–Kier alpha value is -6.58. The third kappa shape index (κ3) is 4.44. The highest BCUT2D eigenvalue weighted by atomic mass is 16.3. The summed E-state index contributed by atoms with van der Waals surface area (Å²) in [6.45, 7) is 0. The van der Waals surface area contributed by atoms with Crippen molar-refractivity contribution in [2.24, 2.45) is 0 Å². The SMILES string of the molecule is c1cc(-c2cccc(-c3ccccc3-c3cccc4c3oc3ccccc34)c2)cc(-c2cnc3c4ccccc4c4ccccc4c3n2)c1. The van der Waals surface area contributed by atoms with Crippen LogP contribution in [-0.4, -0.2) is 9.97 Å². The summed E-state index contributed by atoms with van der Waals surface area (Å²) in [6, 6.07) is 57.6. The third-order valence-corrected chi connectivity index (χ3v) is 9.71. The number of aromatic nitrogens is 2. The van der Waals surface area contributed by atoms with E-state index in [1.807, 2.05) is 18.3 Å². The minimum atomic E-state index is 0.857. The quantitative estimate of drug-likeness (QED) is 0.183. The number of furan rings is 1. The zero-order valence-electron chi connectivity index (χ0n) is 26.5. The Kier molecular flexibility index (Phi) is 6.18. The summed E-state index contributed by atoms with van der Waals surface area (Å²) in [5, 5.41) is 6.90. The summed E-state index contributed by atoms with van der Waals surface area (Å²) < 4.78 is 6.44. The fourth-order valence-electron chi connectivity index (χ4n) is 7.42. The van der Waals surface area contributed by atoms with Crippen molar-refractivity contribution < 1.29 is 4.42 Å². The van der Waals surface area contributed by atoms with Gasteiger partial charge in [0.25, 0.3) is 0 Å². The number of hydrogen-bond donors (Lipinski definition) is 0. The van der Waals surface area contributed by atoms with Crippen LogP contribution >= 0.6 is 0 Å². The van der Waals surface area contributed by atoms with Crippen molar-refractivity contribution in [1.82, 2.24) is 9.97 Å². The molecule has 0 saturated heterocycles. The van der Waals surface area contributed by atoms with E-state index in [9.17, 15) is 0 Å². The fourth-order valence-corrected chi connectivity index (χ4v) is 7.42. The molecule has 0 aliphatic heterocycles. The maximum absolute atomic E-state index is 6.44. The average Bonchev–Trinajstić information content (AvgIpc) is 3.57. The largest absolute Gasteiger partial charge is 0.455 e. The molecular formula is C46H28N2O. The van der Waals surface area contributed by atoms with Crippen LogP contribution < -0.4 is 0 Å². The first-order chi connectivity index (χ1) is 24.3. The van der Waals surface area contributed by atoms with Gasteiger partial charge in [0.2, 0.25) is 0 Å². The van der Waals surface area contributed by atoms with Crippen molar-refractivity contribution in [3.05, 3.63) is 170 Å². The van der Waals surface area contributed by atoms with Crippen LogP contribution in [0.4, 0.5) is 0 Å². The summed E-state index contributed by atoms with van der Waals surface area (Å²) in [4.78, 5) is 10.2. The molecule has 0 fully saturated rings. The molecule has 0 unspecified atom stereocenters. The van der Waals surface area contributed by atoms with Crippen LogP contribution in [0.5, 0.6) is 0 Å². The Morgan fingerprint density at radius 2 is 0.898 bits per heavy atom. The monoisotopic (exact) mass is 624 g/mol.